The molecule has 70 heavy (non-hydrogen) atoms. The molecular formula is C66H40N2O2. The summed E-state index contributed by atoms with van der Waals surface area (Å²) in [5.74, 6) is 0. The third kappa shape index (κ3) is 5.77. The van der Waals surface area contributed by atoms with Crippen molar-refractivity contribution < 1.29 is 8.83 Å². The van der Waals surface area contributed by atoms with Crippen LogP contribution in [-0.2, 0) is 0 Å². The lowest BCUT2D eigenvalue weighted by atomic mass is 9.93. The van der Waals surface area contributed by atoms with E-state index in [4.69, 9.17) is 8.83 Å². The van der Waals surface area contributed by atoms with Crippen molar-refractivity contribution in [2.75, 3.05) is 4.90 Å². The summed E-state index contributed by atoms with van der Waals surface area (Å²) in [6.45, 7) is 0. The summed E-state index contributed by atoms with van der Waals surface area (Å²) in [7, 11) is 0. The number of benzene rings is 11. The van der Waals surface area contributed by atoms with Gasteiger partial charge in [0.15, 0.2) is 0 Å². The van der Waals surface area contributed by atoms with E-state index in [2.05, 4.69) is 228 Å². The van der Waals surface area contributed by atoms with E-state index in [1.54, 1.807) is 0 Å². The fraction of sp³-hybridized carbons (Fsp3) is 0. The minimum absolute atomic E-state index is 0.897. The van der Waals surface area contributed by atoms with E-state index in [1.165, 1.54) is 55.3 Å². The quantitative estimate of drug-likeness (QED) is 0.167. The van der Waals surface area contributed by atoms with Crippen LogP contribution in [0.2, 0.25) is 0 Å². The second kappa shape index (κ2) is 15.1. The number of hydrogen-bond acceptors (Lipinski definition) is 3. The largest absolute Gasteiger partial charge is 0.455 e. The first kappa shape index (κ1) is 38.7. The molecule has 326 valence electrons. The van der Waals surface area contributed by atoms with Gasteiger partial charge in [-0.15, -0.1) is 0 Å². The van der Waals surface area contributed by atoms with E-state index >= 15 is 0 Å². The molecular weight excluding hydrogens is 853 g/mol. The molecule has 0 amide bonds. The maximum absolute atomic E-state index is 6.47. The zero-order valence-corrected chi connectivity index (χ0v) is 37.8. The summed E-state index contributed by atoms with van der Waals surface area (Å²) in [6.07, 6.45) is 0. The van der Waals surface area contributed by atoms with Crippen molar-refractivity contribution in [1.29, 1.82) is 0 Å². The van der Waals surface area contributed by atoms with Gasteiger partial charge in [-0.2, -0.15) is 0 Å². The maximum Gasteiger partial charge on any atom is 0.143 e. The van der Waals surface area contributed by atoms with Crippen LogP contribution in [0.4, 0.5) is 17.1 Å². The number of fused-ring (bicyclic) bond motifs is 14. The van der Waals surface area contributed by atoms with Gasteiger partial charge in [-0.3, -0.25) is 0 Å². The van der Waals surface area contributed by atoms with Crippen LogP contribution in [0.3, 0.4) is 0 Å². The zero-order valence-electron chi connectivity index (χ0n) is 37.8. The molecule has 1 aliphatic rings. The van der Waals surface area contributed by atoms with Crippen LogP contribution in [0, 0.1) is 0 Å². The van der Waals surface area contributed by atoms with Crippen molar-refractivity contribution >= 4 is 82.7 Å². The number of furan rings is 2. The predicted octanol–water partition coefficient (Wildman–Crippen LogP) is 18.7. The summed E-state index contributed by atoms with van der Waals surface area (Å²) >= 11 is 0. The SMILES string of the molecule is c1ccc2c(c1)-c1ccccc1-n1c3ccc(-c4ccc(N(c5ccc(-c6cccc7c6oc6ccccc67)cc5)c5ccc(-c6cccc7c6oc6ccccc67)cc5)cc4)cc3c3cccc-2c31. The van der Waals surface area contributed by atoms with E-state index in [-0.39, 0.29) is 0 Å². The molecule has 0 N–H and O–H groups in total. The third-order valence-corrected chi connectivity index (χ3v) is 14.6. The molecule has 4 heterocycles. The second-order valence-electron chi connectivity index (χ2n) is 18.4. The van der Waals surface area contributed by atoms with E-state index in [1.807, 2.05) is 24.3 Å². The Hall–Kier alpha value is -9.38. The number of rotatable bonds is 6. The van der Waals surface area contributed by atoms with Gasteiger partial charge in [0.05, 0.1) is 16.7 Å². The fourth-order valence-electron chi connectivity index (χ4n) is 11.3. The summed E-state index contributed by atoms with van der Waals surface area (Å²) < 4.78 is 15.4. The van der Waals surface area contributed by atoms with Crippen LogP contribution in [0.25, 0.3) is 127 Å². The lowest BCUT2D eigenvalue weighted by Gasteiger charge is -2.26. The van der Waals surface area contributed by atoms with Gasteiger partial charge in [-0.05, 0) is 100 Å². The summed E-state index contributed by atoms with van der Waals surface area (Å²) in [5, 5.41) is 7.00. The Morgan fingerprint density at radius 3 is 1.30 bits per heavy atom. The second-order valence-corrected chi connectivity index (χ2v) is 18.4. The van der Waals surface area contributed by atoms with Gasteiger partial charge < -0.3 is 18.3 Å². The molecule has 0 saturated heterocycles. The average Bonchev–Trinajstić information content (AvgIpc) is 4.09. The summed E-state index contributed by atoms with van der Waals surface area (Å²) in [4.78, 5) is 2.34. The molecule has 4 nitrogen and oxygen atoms in total. The minimum Gasteiger partial charge on any atom is -0.455 e. The molecule has 15 rings (SSSR count). The van der Waals surface area contributed by atoms with E-state index in [0.717, 1.165) is 88.8 Å². The first-order valence-corrected chi connectivity index (χ1v) is 23.9. The normalized spacial score (nSPS) is 12.0. The van der Waals surface area contributed by atoms with E-state index in [0.29, 0.717) is 0 Å². The molecule has 0 fully saturated rings. The van der Waals surface area contributed by atoms with Gasteiger partial charge in [-0.1, -0.05) is 176 Å². The molecule has 0 saturated carbocycles. The van der Waals surface area contributed by atoms with Gasteiger partial charge >= 0.3 is 0 Å². The first-order valence-electron chi connectivity index (χ1n) is 23.9. The minimum atomic E-state index is 0.897. The molecule has 0 atom stereocenters. The van der Waals surface area contributed by atoms with Crippen LogP contribution < -0.4 is 4.90 Å². The molecule has 1 aliphatic heterocycles. The Kier molecular flexibility index (Phi) is 8.33. The van der Waals surface area contributed by atoms with Crippen LogP contribution in [-0.4, -0.2) is 4.57 Å². The Bertz CT molecular complexity index is 4240. The standard InChI is InChI=1S/C66H40N2O2/c1-2-13-51-50(12-1)52-14-3-6-23-60(52)68-61-39-32-44(40-59(61)56-20-11-19-55(51)64(56)68)41-26-33-45(34-27-41)67(46-35-28-42(29-36-46)48-17-9-21-57-53-15-4-7-24-62(53)69-65(48)57)47-37-30-43(31-38-47)49-18-10-22-58-54-16-5-8-25-63(54)70-66(49)58/h1-40H. The molecule has 0 spiro atoms. The van der Waals surface area contributed by atoms with Crippen molar-refractivity contribution in [2.45, 2.75) is 0 Å². The zero-order chi connectivity index (χ0) is 45.9. The topological polar surface area (TPSA) is 34.5 Å². The van der Waals surface area contributed by atoms with Gasteiger partial charge in [0, 0.05) is 71.6 Å². The number of hydrogen-bond donors (Lipinski definition) is 0. The number of nitrogens with zero attached hydrogens (tertiary/aromatic N) is 2. The smallest absolute Gasteiger partial charge is 0.143 e. The van der Waals surface area contributed by atoms with Gasteiger partial charge in [-0.25, -0.2) is 0 Å². The Morgan fingerprint density at radius 1 is 0.286 bits per heavy atom. The van der Waals surface area contributed by atoms with Crippen molar-refractivity contribution in [3.63, 3.8) is 0 Å². The summed E-state index contributed by atoms with van der Waals surface area (Å²) in [6, 6.07) is 87.5. The lowest BCUT2D eigenvalue weighted by molar-refractivity contribution is 0.669. The highest BCUT2D eigenvalue weighted by Gasteiger charge is 2.25. The van der Waals surface area contributed by atoms with Crippen molar-refractivity contribution in [3.05, 3.63) is 243 Å². The van der Waals surface area contributed by atoms with Gasteiger partial charge in [0.2, 0.25) is 0 Å². The van der Waals surface area contributed by atoms with Crippen molar-refractivity contribution in [1.82, 2.24) is 4.57 Å². The maximum atomic E-state index is 6.47. The number of aromatic nitrogens is 1. The molecule has 14 aromatic rings. The molecule has 0 aliphatic carbocycles. The Labute approximate surface area is 403 Å². The molecule has 0 unspecified atom stereocenters. The number of anilines is 3. The van der Waals surface area contributed by atoms with E-state index in [9.17, 15) is 0 Å². The molecule has 3 aromatic heterocycles. The monoisotopic (exact) mass is 892 g/mol. The Balaban J connectivity index is 0.836. The van der Waals surface area contributed by atoms with Crippen LogP contribution in [0.1, 0.15) is 0 Å². The molecule has 0 bridgehead atoms. The first-order chi connectivity index (χ1) is 34.7. The molecule has 0 radical (unpaired) electrons. The van der Waals surface area contributed by atoms with E-state index < -0.39 is 0 Å². The molecule has 11 aromatic carbocycles. The van der Waals surface area contributed by atoms with Crippen molar-refractivity contribution in [3.8, 4) is 61.3 Å². The fourth-order valence-corrected chi connectivity index (χ4v) is 11.3. The number of para-hydroxylation sites is 6. The Morgan fingerprint density at radius 2 is 0.714 bits per heavy atom. The highest BCUT2D eigenvalue weighted by atomic mass is 16.3. The molecule has 4 heteroatoms. The summed E-state index contributed by atoms with van der Waals surface area (Å²) in [5.41, 5.74) is 22.1. The third-order valence-electron chi connectivity index (χ3n) is 14.6. The van der Waals surface area contributed by atoms with Gasteiger partial charge in [0.25, 0.3) is 0 Å². The van der Waals surface area contributed by atoms with Crippen LogP contribution in [0.5, 0.6) is 0 Å². The van der Waals surface area contributed by atoms with Crippen LogP contribution >= 0.6 is 0 Å². The lowest BCUT2D eigenvalue weighted by Crippen LogP contribution is -2.09. The highest BCUT2D eigenvalue weighted by Crippen LogP contribution is 2.48. The average molecular weight is 893 g/mol. The van der Waals surface area contributed by atoms with Gasteiger partial charge in [0.1, 0.15) is 22.3 Å². The highest BCUT2D eigenvalue weighted by molar-refractivity contribution is 6.17. The van der Waals surface area contributed by atoms with Crippen LogP contribution in [0.15, 0.2) is 251 Å². The predicted molar refractivity (Wildman–Crippen MR) is 291 cm³/mol. The van der Waals surface area contributed by atoms with Crippen molar-refractivity contribution in [2.24, 2.45) is 0 Å².